The van der Waals surface area contributed by atoms with E-state index < -0.39 is 0 Å². The quantitative estimate of drug-likeness (QED) is 0.238. The topological polar surface area (TPSA) is 0 Å². The Balaban J connectivity index is 3.11. The number of rotatable bonds is 9. The van der Waals surface area contributed by atoms with Crippen LogP contribution in [0.15, 0.2) is 31.7 Å². The highest BCUT2D eigenvalue weighted by Gasteiger charge is 2.12. The minimum atomic E-state index is 0.786. The molecule has 0 saturated heterocycles. The zero-order chi connectivity index (χ0) is 14.1. The van der Waals surface area contributed by atoms with E-state index in [1.165, 1.54) is 19.6 Å². The van der Waals surface area contributed by atoms with E-state index in [-0.39, 0.29) is 0 Å². The summed E-state index contributed by atoms with van der Waals surface area (Å²) in [5.41, 5.74) is 0. The summed E-state index contributed by atoms with van der Waals surface area (Å²) in [7, 11) is 0. The highest BCUT2D eigenvalue weighted by molar-refractivity contribution is 8.11. The van der Waals surface area contributed by atoms with Crippen LogP contribution in [0.25, 0.3) is 0 Å². The summed E-state index contributed by atoms with van der Waals surface area (Å²) in [4.78, 5) is 5.21. The third-order valence-corrected chi connectivity index (χ3v) is 7.31. The summed E-state index contributed by atoms with van der Waals surface area (Å²) >= 11 is 24.4. The van der Waals surface area contributed by atoms with Gasteiger partial charge in [-0.25, -0.2) is 0 Å². The van der Waals surface area contributed by atoms with E-state index in [1.54, 1.807) is 35.3 Å². The number of thiol groups is 4. The Kier molecular flexibility index (Phi) is 11.6. The molecule has 108 valence electrons. The maximum Gasteiger partial charge on any atom is 0.0409 e. The van der Waals surface area contributed by atoms with Crippen LogP contribution in [-0.2, 0) is 0 Å². The van der Waals surface area contributed by atoms with Gasteiger partial charge in [-0.05, 0) is 17.9 Å². The Hall–Kier alpha value is 2.02. The molecule has 0 aromatic heterocycles. The van der Waals surface area contributed by atoms with Crippen molar-refractivity contribution in [3.05, 3.63) is 12.1 Å². The summed E-state index contributed by atoms with van der Waals surface area (Å²) in [6.07, 6.45) is 0. The van der Waals surface area contributed by atoms with Crippen LogP contribution in [0, 0.1) is 0 Å². The molecule has 0 nitrogen and oxygen atoms in total. The molecule has 1 rings (SSSR count). The highest BCUT2D eigenvalue weighted by atomic mass is 32.2. The van der Waals surface area contributed by atoms with E-state index in [4.69, 9.17) is 0 Å². The molecule has 1 aromatic carbocycles. The fourth-order valence-corrected chi connectivity index (χ4v) is 6.26. The third kappa shape index (κ3) is 6.76. The molecule has 8 heteroatoms. The van der Waals surface area contributed by atoms with Crippen LogP contribution in [0.2, 0.25) is 0 Å². The molecule has 0 unspecified atom stereocenters. The molecule has 0 aliphatic rings. The molecule has 0 atom stereocenters. The Morgan fingerprint density at radius 2 is 1.26 bits per heavy atom. The molecule has 0 radical (unpaired) electrons. The van der Waals surface area contributed by atoms with Crippen molar-refractivity contribution in [3.8, 4) is 0 Å². The van der Waals surface area contributed by atoms with Crippen molar-refractivity contribution < 1.29 is 0 Å². The first-order valence-corrected chi connectivity index (χ1v) is 11.9. The molecular weight excluding hydrogens is 389 g/mol. The maximum absolute atomic E-state index is 4.34. The van der Waals surface area contributed by atoms with Gasteiger partial charge in [0.1, 0.15) is 0 Å². The molecule has 0 heterocycles. The van der Waals surface area contributed by atoms with E-state index in [1.807, 2.05) is 11.8 Å². The van der Waals surface area contributed by atoms with Gasteiger partial charge in [-0.3, -0.25) is 0 Å². The van der Waals surface area contributed by atoms with Crippen molar-refractivity contribution in [2.45, 2.75) is 19.6 Å². The van der Waals surface area contributed by atoms with Gasteiger partial charge >= 0.3 is 0 Å². The molecule has 0 fully saturated rings. The summed E-state index contributed by atoms with van der Waals surface area (Å²) in [5.74, 6) is 1.90. The van der Waals surface area contributed by atoms with Crippen LogP contribution in [0.3, 0.4) is 0 Å². The lowest BCUT2D eigenvalue weighted by Crippen LogP contribution is -1.89. The van der Waals surface area contributed by atoms with Gasteiger partial charge in [0.25, 0.3) is 0 Å². The van der Waals surface area contributed by atoms with E-state index in [2.05, 4.69) is 62.6 Å². The zero-order valence-electron chi connectivity index (χ0n) is 10.1. The van der Waals surface area contributed by atoms with Gasteiger partial charge < -0.3 is 0 Å². The van der Waals surface area contributed by atoms with Crippen molar-refractivity contribution in [2.24, 2.45) is 0 Å². The maximum atomic E-state index is 4.34. The average Bonchev–Trinajstić information content (AvgIpc) is 2.39. The SMILES string of the molecule is SCCSc1c(SCS)cc(SCS)cc1SCS. The van der Waals surface area contributed by atoms with Crippen molar-refractivity contribution in [1.82, 2.24) is 0 Å². The molecule has 0 N–H and O–H groups in total. The predicted octanol–water partition coefficient (Wildman–Crippen LogP) is 5.65. The zero-order valence-corrected chi connectivity index (χ0v) is 17.0. The monoisotopic (exact) mass is 404 g/mol. The highest BCUT2D eigenvalue weighted by Crippen LogP contribution is 2.42. The molecule has 0 bridgehead atoms. The minimum absolute atomic E-state index is 0.786. The molecule has 19 heavy (non-hydrogen) atoms. The van der Waals surface area contributed by atoms with Gasteiger partial charge in [-0.1, -0.05) is 0 Å². The van der Waals surface area contributed by atoms with Gasteiger partial charge in [0.15, 0.2) is 0 Å². The lowest BCUT2D eigenvalue weighted by atomic mass is 10.3. The molecule has 0 spiro atoms. The second kappa shape index (κ2) is 11.6. The summed E-state index contributed by atoms with van der Waals surface area (Å²) in [5, 5.41) is 2.36. The van der Waals surface area contributed by atoms with Gasteiger partial charge in [-0.2, -0.15) is 50.5 Å². The van der Waals surface area contributed by atoms with Gasteiger partial charge in [0, 0.05) is 40.6 Å². The Morgan fingerprint density at radius 3 is 1.68 bits per heavy atom. The van der Waals surface area contributed by atoms with Crippen LogP contribution >= 0.6 is 97.6 Å². The smallest absolute Gasteiger partial charge is 0.0409 e. The summed E-state index contributed by atoms with van der Waals surface area (Å²) in [6.45, 7) is 0. The van der Waals surface area contributed by atoms with Crippen molar-refractivity contribution >= 4 is 97.6 Å². The molecule has 0 amide bonds. The lowest BCUT2D eigenvalue weighted by Gasteiger charge is -2.14. The third-order valence-electron chi connectivity index (χ3n) is 2.00. The van der Waals surface area contributed by atoms with E-state index in [9.17, 15) is 0 Å². The molecule has 0 saturated carbocycles. The summed E-state index contributed by atoms with van der Waals surface area (Å²) < 4.78 is 0. The standard InChI is InChI=1S/C11H16S8/c12-1-2-16-11-9(18-6-14)3-8(17-5-13)4-10(11)19-7-15/h3-4,12-15H,1-2,5-7H2. The number of hydrogen-bond acceptors (Lipinski definition) is 8. The first-order valence-electron chi connectivity index (χ1n) is 5.39. The van der Waals surface area contributed by atoms with E-state index in [0.29, 0.717) is 0 Å². The Bertz CT molecular complexity index is 354. The largest absolute Gasteiger partial charge is 0.178 e. The van der Waals surface area contributed by atoms with Gasteiger partial charge in [0.05, 0.1) is 0 Å². The molecule has 0 aliphatic carbocycles. The summed E-state index contributed by atoms with van der Waals surface area (Å²) in [6, 6.07) is 4.48. The van der Waals surface area contributed by atoms with Crippen LogP contribution in [0.4, 0.5) is 0 Å². The first kappa shape index (κ1) is 19.1. The van der Waals surface area contributed by atoms with Crippen LogP contribution in [-0.4, -0.2) is 26.8 Å². The second-order valence-electron chi connectivity index (χ2n) is 3.14. The predicted molar refractivity (Wildman–Crippen MR) is 110 cm³/mol. The molecule has 1 aromatic rings. The average molecular weight is 405 g/mol. The van der Waals surface area contributed by atoms with Crippen molar-refractivity contribution in [1.29, 1.82) is 0 Å². The number of hydrogen-bond donors (Lipinski definition) is 4. The Morgan fingerprint density at radius 1 is 0.737 bits per heavy atom. The van der Waals surface area contributed by atoms with Gasteiger partial charge in [0.2, 0.25) is 0 Å². The first-order chi connectivity index (χ1) is 9.26. The second-order valence-corrected chi connectivity index (χ2v) is 10.0. The Labute approximate surface area is 154 Å². The van der Waals surface area contributed by atoms with Crippen molar-refractivity contribution in [2.75, 3.05) is 26.8 Å². The number of benzene rings is 1. The minimum Gasteiger partial charge on any atom is -0.178 e. The van der Waals surface area contributed by atoms with Crippen LogP contribution in [0.1, 0.15) is 0 Å². The normalized spacial score (nSPS) is 10.9. The van der Waals surface area contributed by atoms with Crippen LogP contribution in [0.5, 0.6) is 0 Å². The van der Waals surface area contributed by atoms with Gasteiger partial charge in [-0.15, -0.1) is 47.0 Å². The number of thioether (sulfide) groups is 4. The van der Waals surface area contributed by atoms with E-state index >= 15 is 0 Å². The molecular formula is C11H16S8. The van der Waals surface area contributed by atoms with E-state index in [0.717, 1.165) is 26.8 Å². The van der Waals surface area contributed by atoms with Crippen LogP contribution < -0.4 is 0 Å². The molecule has 0 aliphatic heterocycles. The lowest BCUT2D eigenvalue weighted by molar-refractivity contribution is 1.07. The fraction of sp³-hybridized carbons (Fsp3) is 0.455. The van der Waals surface area contributed by atoms with Crippen molar-refractivity contribution in [3.63, 3.8) is 0 Å². The fourth-order valence-electron chi connectivity index (χ4n) is 1.35.